The molecule has 2 aromatic carbocycles. The largest absolute Gasteiger partial charge is 0.477 e. The minimum atomic E-state index is -1.08. The molecule has 1 aliphatic rings. The van der Waals surface area contributed by atoms with Gasteiger partial charge in [0.25, 0.3) is 0 Å². The van der Waals surface area contributed by atoms with E-state index in [1.54, 1.807) is 18.3 Å². The van der Waals surface area contributed by atoms with E-state index in [2.05, 4.69) is 5.10 Å². The Kier molecular flexibility index (Phi) is 3.33. The van der Waals surface area contributed by atoms with Gasteiger partial charge >= 0.3 is 5.97 Å². The fourth-order valence-electron chi connectivity index (χ4n) is 3.14. The number of carbonyl (C=O) groups is 1. The SMILES string of the molecule is O=C(O)c1cc(-c2ccc3c(c2)OCO3)nc2c(-c3ccccc3)cnn12. The lowest BCUT2D eigenvalue weighted by atomic mass is 10.1. The first kappa shape index (κ1) is 15.4. The molecule has 4 aromatic rings. The fraction of sp³-hybridized carbons (Fsp3) is 0.0500. The summed E-state index contributed by atoms with van der Waals surface area (Å²) in [6.07, 6.45) is 1.63. The quantitative estimate of drug-likeness (QED) is 0.603. The van der Waals surface area contributed by atoms with Crippen LogP contribution in [0.15, 0.2) is 60.8 Å². The van der Waals surface area contributed by atoms with E-state index in [-0.39, 0.29) is 12.5 Å². The molecular formula is C20H13N3O4. The summed E-state index contributed by atoms with van der Waals surface area (Å²) in [5, 5.41) is 13.9. The number of ether oxygens (including phenoxy) is 2. The molecule has 3 heterocycles. The number of hydrogen-bond donors (Lipinski definition) is 1. The van der Waals surface area contributed by atoms with Crippen LogP contribution in [0.4, 0.5) is 0 Å². The van der Waals surface area contributed by atoms with Gasteiger partial charge in [0.05, 0.1) is 11.9 Å². The van der Waals surface area contributed by atoms with E-state index < -0.39 is 5.97 Å². The monoisotopic (exact) mass is 359 g/mol. The summed E-state index contributed by atoms with van der Waals surface area (Å²) in [6.45, 7) is 0.173. The predicted molar refractivity (Wildman–Crippen MR) is 96.9 cm³/mol. The van der Waals surface area contributed by atoms with E-state index >= 15 is 0 Å². The lowest BCUT2D eigenvalue weighted by Gasteiger charge is -2.07. The highest BCUT2D eigenvalue weighted by Gasteiger charge is 2.19. The van der Waals surface area contributed by atoms with Crippen molar-refractivity contribution in [1.82, 2.24) is 14.6 Å². The molecule has 0 unspecified atom stereocenters. The fourth-order valence-corrected chi connectivity index (χ4v) is 3.14. The summed E-state index contributed by atoms with van der Waals surface area (Å²) >= 11 is 0. The molecule has 0 radical (unpaired) electrons. The van der Waals surface area contributed by atoms with Crippen LogP contribution in [0.2, 0.25) is 0 Å². The molecule has 0 saturated heterocycles. The van der Waals surface area contributed by atoms with Gasteiger partial charge in [-0.25, -0.2) is 14.3 Å². The lowest BCUT2D eigenvalue weighted by Crippen LogP contribution is -2.08. The number of hydrogen-bond acceptors (Lipinski definition) is 5. The van der Waals surface area contributed by atoms with E-state index in [9.17, 15) is 9.90 Å². The van der Waals surface area contributed by atoms with E-state index in [0.29, 0.717) is 22.8 Å². The Morgan fingerprint density at radius 2 is 1.81 bits per heavy atom. The van der Waals surface area contributed by atoms with Crippen molar-refractivity contribution >= 4 is 11.6 Å². The Hall–Kier alpha value is -3.87. The molecule has 0 aliphatic carbocycles. The normalized spacial score (nSPS) is 12.4. The number of nitrogens with zero attached hydrogens (tertiary/aromatic N) is 3. The van der Waals surface area contributed by atoms with Crippen molar-refractivity contribution < 1.29 is 19.4 Å². The Bertz CT molecular complexity index is 1180. The average molecular weight is 359 g/mol. The number of carboxylic acids is 1. The van der Waals surface area contributed by atoms with Crippen LogP contribution < -0.4 is 9.47 Å². The standard InChI is InChI=1S/C20H13N3O4/c24-20(25)16-9-15(13-6-7-17-18(8-13)27-11-26-17)22-19-14(10-21-23(16)19)12-4-2-1-3-5-12/h1-10H,11H2,(H,24,25). The number of fused-ring (bicyclic) bond motifs is 2. The van der Waals surface area contributed by atoms with Crippen LogP contribution in [-0.4, -0.2) is 32.5 Å². The highest BCUT2D eigenvalue weighted by Crippen LogP contribution is 2.36. The molecule has 5 rings (SSSR count). The molecule has 7 heteroatoms. The Balaban J connectivity index is 1.75. The molecule has 0 fully saturated rings. The molecule has 0 amide bonds. The third kappa shape index (κ3) is 2.48. The molecular weight excluding hydrogens is 346 g/mol. The number of aromatic carboxylic acids is 1. The molecule has 1 aliphatic heterocycles. The number of benzene rings is 2. The lowest BCUT2D eigenvalue weighted by molar-refractivity contribution is 0.0687. The zero-order valence-electron chi connectivity index (χ0n) is 14.0. The van der Waals surface area contributed by atoms with Crippen LogP contribution in [0.1, 0.15) is 10.5 Å². The van der Waals surface area contributed by atoms with Crippen molar-refractivity contribution in [3.8, 4) is 33.9 Å². The number of rotatable bonds is 3. The minimum absolute atomic E-state index is 0.0369. The van der Waals surface area contributed by atoms with Gasteiger partial charge in [-0.15, -0.1) is 0 Å². The van der Waals surface area contributed by atoms with Gasteiger partial charge in [0.1, 0.15) is 0 Å². The molecule has 0 atom stereocenters. The Morgan fingerprint density at radius 3 is 2.63 bits per heavy atom. The third-order valence-electron chi connectivity index (χ3n) is 4.44. The maximum Gasteiger partial charge on any atom is 0.354 e. The summed E-state index contributed by atoms with van der Waals surface area (Å²) in [4.78, 5) is 16.5. The van der Waals surface area contributed by atoms with Crippen molar-refractivity contribution in [2.24, 2.45) is 0 Å². The second kappa shape index (κ2) is 5.84. The first-order valence-corrected chi connectivity index (χ1v) is 8.28. The molecule has 0 spiro atoms. The first-order chi connectivity index (χ1) is 13.2. The van der Waals surface area contributed by atoms with Crippen molar-refractivity contribution in [1.29, 1.82) is 0 Å². The van der Waals surface area contributed by atoms with Crippen molar-refractivity contribution in [3.05, 3.63) is 66.5 Å². The van der Waals surface area contributed by atoms with Gasteiger partial charge < -0.3 is 14.6 Å². The maximum absolute atomic E-state index is 11.8. The van der Waals surface area contributed by atoms with E-state index in [1.807, 2.05) is 36.4 Å². The summed E-state index contributed by atoms with van der Waals surface area (Å²) in [7, 11) is 0. The van der Waals surface area contributed by atoms with Crippen molar-refractivity contribution in [3.63, 3.8) is 0 Å². The molecule has 2 aromatic heterocycles. The first-order valence-electron chi connectivity index (χ1n) is 8.28. The van der Waals surface area contributed by atoms with Gasteiger partial charge in [-0.2, -0.15) is 5.10 Å². The van der Waals surface area contributed by atoms with E-state index in [4.69, 9.17) is 14.5 Å². The molecule has 0 bridgehead atoms. The van der Waals surface area contributed by atoms with E-state index in [0.717, 1.165) is 16.7 Å². The summed E-state index contributed by atoms with van der Waals surface area (Å²) in [5.41, 5.74) is 3.46. The van der Waals surface area contributed by atoms with Crippen molar-refractivity contribution in [2.45, 2.75) is 0 Å². The summed E-state index contributed by atoms with van der Waals surface area (Å²) < 4.78 is 12.1. The van der Waals surface area contributed by atoms with Gasteiger partial charge in [-0.3, -0.25) is 0 Å². The zero-order chi connectivity index (χ0) is 18.4. The smallest absolute Gasteiger partial charge is 0.354 e. The van der Waals surface area contributed by atoms with Gasteiger partial charge in [0.15, 0.2) is 22.8 Å². The molecule has 7 nitrogen and oxygen atoms in total. The van der Waals surface area contributed by atoms with Gasteiger partial charge in [0, 0.05) is 11.1 Å². The van der Waals surface area contributed by atoms with Crippen molar-refractivity contribution in [2.75, 3.05) is 6.79 Å². The van der Waals surface area contributed by atoms with Crippen LogP contribution in [0.5, 0.6) is 11.5 Å². The Morgan fingerprint density at radius 1 is 1.00 bits per heavy atom. The van der Waals surface area contributed by atoms with Gasteiger partial charge in [-0.05, 0) is 29.8 Å². The highest BCUT2D eigenvalue weighted by molar-refractivity contribution is 5.90. The minimum Gasteiger partial charge on any atom is -0.477 e. The summed E-state index contributed by atoms with van der Waals surface area (Å²) in [5.74, 6) is 0.197. The second-order valence-electron chi connectivity index (χ2n) is 6.06. The second-order valence-corrected chi connectivity index (χ2v) is 6.06. The maximum atomic E-state index is 11.8. The summed E-state index contributed by atoms with van der Waals surface area (Å²) in [6, 6.07) is 16.5. The number of carboxylic acid groups (broad SMARTS) is 1. The van der Waals surface area contributed by atoms with Crippen LogP contribution in [0.25, 0.3) is 28.0 Å². The zero-order valence-corrected chi connectivity index (χ0v) is 14.0. The molecule has 0 saturated carbocycles. The number of aromatic nitrogens is 3. The highest BCUT2D eigenvalue weighted by atomic mass is 16.7. The average Bonchev–Trinajstić information content (AvgIpc) is 3.33. The van der Waals surface area contributed by atoms with Crippen LogP contribution >= 0.6 is 0 Å². The third-order valence-corrected chi connectivity index (χ3v) is 4.44. The van der Waals surface area contributed by atoms with Crippen LogP contribution in [0.3, 0.4) is 0 Å². The van der Waals surface area contributed by atoms with Gasteiger partial charge in [0.2, 0.25) is 6.79 Å². The van der Waals surface area contributed by atoms with Gasteiger partial charge in [-0.1, -0.05) is 30.3 Å². The van der Waals surface area contributed by atoms with Crippen LogP contribution in [-0.2, 0) is 0 Å². The molecule has 27 heavy (non-hydrogen) atoms. The van der Waals surface area contributed by atoms with Crippen LogP contribution in [0, 0.1) is 0 Å². The predicted octanol–water partition coefficient (Wildman–Crippen LogP) is 3.49. The molecule has 132 valence electrons. The van der Waals surface area contributed by atoms with E-state index in [1.165, 1.54) is 10.6 Å². The molecule has 1 N–H and O–H groups in total. The topological polar surface area (TPSA) is 86.0 Å². The Labute approximate surface area is 153 Å².